The van der Waals surface area contributed by atoms with E-state index in [0.29, 0.717) is 0 Å². The van der Waals surface area contributed by atoms with E-state index in [1.807, 2.05) is 0 Å². The van der Waals surface area contributed by atoms with E-state index in [0.717, 1.165) is 0 Å². The molecule has 1 atom stereocenters. The van der Waals surface area contributed by atoms with Crippen molar-refractivity contribution in [1.29, 1.82) is 0 Å². The molecule has 0 radical (unpaired) electrons. The Labute approximate surface area is 99.0 Å². The van der Waals surface area contributed by atoms with Gasteiger partial charge in [-0.25, -0.2) is 9.59 Å². The predicted octanol–water partition coefficient (Wildman–Crippen LogP) is 1.58. The van der Waals surface area contributed by atoms with Crippen LogP contribution in [0.1, 0.15) is 27.6 Å². The molecule has 1 unspecified atom stereocenters. The Morgan fingerprint density at radius 1 is 1.29 bits per heavy atom. The first-order chi connectivity index (χ1) is 8.06. The SMILES string of the molecule is COCC(C)OC(=O)c1ccccc1C(=O)O. The maximum Gasteiger partial charge on any atom is 0.339 e. The zero-order chi connectivity index (χ0) is 12.8. The number of ether oxygens (including phenoxy) is 2. The third-order valence-electron chi connectivity index (χ3n) is 2.09. The van der Waals surface area contributed by atoms with Crippen molar-refractivity contribution in [3.05, 3.63) is 35.4 Å². The lowest BCUT2D eigenvalue weighted by Gasteiger charge is -2.12. The molecule has 0 aliphatic rings. The van der Waals surface area contributed by atoms with Gasteiger partial charge in [0, 0.05) is 7.11 Å². The van der Waals surface area contributed by atoms with Crippen molar-refractivity contribution in [3.63, 3.8) is 0 Å². The first kappa shape index (κ1) is 13.2. The van der Waals surface area contributed by atoms with Crippen LogP contribution in [0.5, 0.6) is 0 Å². The van der Waals surface area contributed by atoms with Gasteiger partial charge >= 0.3 is 11.9 Å². The van der Waals surface area contributed by atoms with Crippen molar-refractivity contribution < 1.29 is 24.2 Å². The number of carbonyl (C=O) groups excluding carboxylic acids is 1. The summed E-state index contributed by atoms with van der Waals surface area (Å²) >= 11 is 0. The van der Waals surface area contributed by atoms with Crippen molar-refractivity contribution in [3.8, 4) is 0 Å². The molecule has 5 nitrogen and oxygen atoms in total. The molecule has 0 aromatic heterocycles. The Kier molecular flexibility index (Phi) is 4.66. The molecule has 0 bridgehead atoms. The number of carboxylic acids is 1. The summed E-state index contributed by atoms with van der Waals surface area (Å²) in [6, 6.07) is 5.92. The molecule has 17 heavy (non-hydrogen) atoms. The monoisotopic (exact) mass is 238 g/mol. The second kappa shape index (κ2) is 6.00. The Bertz CT molecular complexity index is 413. The fourth-order valence-electron chi connectivity index (χ4n) is 1.36. The van der Waals surface area contributed by atoms with Gasteiger partial charge in [0.25, 0.3) is 0 Å². The standard InChI is InChI=1S/C12H14O5/c1-8(7-16-2)17-12(15)10-6-4-3-5-9(10)11(13)14/h3-6,8H,7H2,1-2H3,(H,13,14). The minimum Gasteiger partial charge on any atom is -0.478 e. The van der Waals surface area contributed by atoms with Crippen LogP contribution in [0.15, 0.2) is 24.3 Å². The molecular formula is C12H14O5. The van der Waals surface area contributed by atoms with Crippen LogP contribution in [0.2, 0.25) is 0 Å². The fourth-order valence-corrected chi connectivity index (χ4v) is 1.36. The molecule has 0 heterocycles. The molecule has 0 saturated carbocycles. The number of carbonyl (C=O) groups is 2. The average molecular weight is 238 g/mol. The van der Waals surface area contributed by atoms with E-state index < -0.39 is 18.0 Å². The van der Waals surface area contributed by atoms with Gasteiger partial charge in [-0.05, 0) is 19.1 Å². The van der Waals surface area contributed by atoms with Gasteiger partial charge in [0.15, 0.2) is 0 Å². The highest BCUT2D eigenvalue weighted by Crippen LogP contribution is 2.11. The molecule has 0 amide bonds. The number of hydrogen-bond donors (Lipinski definition) is 1. The number of esters is 1. The van der Waals surface area contributed by atoms with E-state index in [9.17, 15) is 9.59 Å². The number of hydrogen-bond acceptors (Lipinski definition) is 4. The second-order valence-corrected chi connectivity index (χ2v) is 3.52. The Balaban J connectivity index is 2.85. The van der Waals surface area contributed by atoms with E-state index in [1.165, 1.54) is 19.2 Å². The molecule has 92 valence electrons. The lowest BCUT2D eigenvalue weighted by atomic mass is 10.1. The quantitative estimate of drug-likeness (QED) is 0.788. The summed E-state index contributed by atoms with van der Waals surface area (Å²) in [6.45, 7) is 1.94. The van der Waals surface area contributed by atoms with Gasteiger partial charge in [0.1, 0.15) is 6.10 Å². The number of aromatic carboxylic acids is 1. The van der Waals surface area contributed by atoms with E-state index in [4.69, 9.17) is 14.6 Å². The van der Waals surface area contributed by atoms with Gasteiger partial charge in [0.2, 0.25) is 0 Å². The molecule has 0 fully saturated rings. The highest BCUT2D eigenvalue weighted by Gasteiger charge is 2.18. The lowest BCUT2D eigenvalue weighted by Crippen LogP contribution is -2.21. The summed E-state index contributed by atoms with van der Waals surface area (Å²) in [5.74, 6) is -1.82. The van der Waals surface area contributed by atoms with E-state index in [2.05, 4.69) is 0 Å². The van der Waals surface area contributed by atoms with Crippen LogP contribution in [0.25, 0.3) is 0 Å². The Morgan fingerprint density at radius 2 is 1.88 bits per heavy atom. The Morgan fingerprint density at radius 3 is 2.41 bits per heavy atom. The number of rotatable bonds is 5. The fraction of sp³-hybridized carbons (Fsp3) is 0.333. The molecule has 1 aromatic carbocycles. The van der Waals surface area contributed by atoms with Gasteiger partial charge in [-0.15, -0.1) is 0 Å². The summed E-state index contributed by atoms with van der Waals surface area (Å²) in [5, 5.41) is 8.92. The molecular weight excluding hydrogens is 224 g/mol. The maximum absolute atomic E-state index is 11.7. The van der Waals surface area contributed by atoms with Gasteiger partial charge < -0.3 is 14.6 Å². The van der Waals surface area contributed by atoms with Gasteiger partial charge in [-0.3, -0.25) is 0 Å². The highest BCUT2D eigenvalue weighted by atomic mass is 16.6. The van der Waals surface area contributed by atoms with E-state index in [-0.39, 0.29) is 17.7 Å². The second-order valence-electron chi connectivity index (χ2n) is 3.52. The van der Waals surface area contributed by atoms with Crippen molar-refractivity contribution in [1.82, 2.24) is 0 Å². The van der Waals surface area contributed by atoms with Crippen LogP contribution < -0.4 is 0 Å². The van der Waals surface area contributed by atoms with Crippen LogP contribution in [0, 0.1) is 0 Å². The summed E-state index contributed by atoms with van der Waals surface area (Å²) in [7, 11) is 1.50. The van der Waals surface area contributed by atoms with Crippen molar-refractivity contribution >= 4 is 11.9 Å². The summed E-state index contributed by atoms with van der Waals surface area (Å²) in [5.41, 5.74) is -0.0231. The molecule has 1 rings (SSSR count). The van der Waals surface area contributed by atoms with Gasteiger partial charge in [-0.2, -0.15) is 0 Å². The largest absolute Gasteiger partial charge is 0.478 e. The summed E-state index contributed by atoms with van der Waals surface area (Å²) in [4.78, 5) is 22.6. The molecule has 5 heteroatoms. The molecule has 0 aliphatic carbocycles. The zero-order valence-electron chi connectivity index (χ0n) is 9.67. The third-order valence-corrected chi connectivity index (χ3v) is 2.09. The van der Waals surface area contributed by atoms with Gasteiger partial charge in [-0.1, -0.05) is 12.1 Å². The lowest BCUT2D eigenvalue weighted by molar-refractivity contribution is 0.0117. The van der Waals surface area contributed by atoms with Crippen molar-refractivity contribution in [2.24, 2.45) is 0 Å². The number of carboxylic acid groups (broad SMARTS) is 1. The topological polar surface area (TPSA) is 72.8 Å². The van der Waals surface area contributed by atoms with Crippen LogP contribution in [-0.4, -0.2) is 36.9 Å². The van der Waals surface area contributed by atoms with Crippen molar-refractivity contribution in [2.45, 2.75) is 13.0 Å². The van der Waals surface area contributed by atoms with E-state index >= 15 is 0 Å². The molecule has 0 aliphatic heterocycles. The first-order valence-corrected chi connectivity index (χ1v) is 5.08. The average Bonchev–Trinajstić information content (AvgIpc) is 2.29. The number of methoxy groups -OCH3 is 1. The van der Waals surface area contributed by atoms with E-state index in [1.54, 1.807) is 19.1 Å². The van der Waals surface area contributed by atoms with Crippen LogP contribution in [0.3, 0.4) is 0 Å². The smallest absolute Gasteiger partial charge is 0.339 e. The summed E-state index contributed by atoms with van der Waals surface area (Å²) < 4.78 is 9.86. The summed E-state index contributed by atoms with van der Waals surface area (Å²) in [6.07, 6.45) is -0.422. The molecule has 0 spiro atoms. The van der Waals surface area contributed by atoms with Crippen LogP contribution in [0.4, 0.5) is 0 Å². The first-order valence-electron chi connectivity index (χ1n) is 5.08. The highest BCUT2D eigenvalue weighted by molar-refractivity contribution is 6.02. The van der Waals surface area contributed by atoms with Crippen LogP contribution >= 0.6 is 0 Å². The minimum absolute atomic E-state index is 0.0444. The third kappa shape index (κ3) is 3.57. The van der Waals surface area contributed by atoms with Crippen molar-refractivity contribution in [2.75, 3.05) is 13.7 Å². The van der Waals surface area contributed by atoms with Gasteiger partial charge in [0.05, 0.1) is 17.7 Å². The molecule has 0 saturated heterocycles. The minimum atomic E-state index is -1.16. The molecule has 1 aromatic rings. The normalized spacial score (nSPS) is 11.9. The maximum atomic E-state index is 11.7. The number of benzene rings is 1. The zero-order valence-corrected chi connectivity index (χ0v) is 9.67. The van der Waals surface area contributed by atoms with Crippen LogP contribution in [-0.2, 0) is 9.47 Å². The predicted molar refractivity (Wildman–Crippen MR) is 60.2 cm³/mol. The molecule has 1 N–H and O–H groups in total. The Hall–Kier alpha value is -1.88.